The molecule has 1 aliphatic carbocycles. The molecular formula is C51H58N5O2+. The number of rotatable bonds is 10. The number of primary amides is 2. The van der Waals surface area contributed by atoms with Crippen LogP contribution in [0.2, 0.25) is 0 Å². The highest BCUT2D eigenvalue weighted by Crippen LogP contribution is 2.50. The maximum Gasteiger partial charge on any atom is 0.219 e. The van der Waals surface area contributed by atoms with Crippen molar-refractivity contribution >= 4 is 40.3 Å². The van der Waals surface area contributed by atoms with Crippen molar-refractivity contribution in [3.05, 3.63) is 165 Å². The van der Waals surface area contributed by atoms with Crippen LogP contribution in [-0.4, -0.2) is 30.6 Å². The summed E-state index contributed by atoms with van der Waals surface area (Å²) in [6.07, 6.45) is 11.4. The Morgan fingerprint density at radius 1 is 0.569 bits per heavy atom. The second-order valence-corrected chi connectivity index (χ2v) is 17.4. The Bertz CT molecular complexity index is 2270. The fraction of sp³-hybridized carbons (Fsp3) is 0.314. The van der Waals surface area contributed by atoms with Crippen LogP contribution in [-0.2, 0) is 20.4 Å². The summed E-state index contributed by atoms with van der Waals surface area (Å²) >= 11 is 0. The van der Waals surface area contributed by atoms with Gasteiger partial charge in [-0.05, 0) is 75.9 Å². The Morgan fingerprint density at radius 2 is 0.931 bits per heavy atom. The average Bonchev–Trinajstić information content (AvgIpc) is 3.73. The monoisotopic (exact) mass is 772 g/mol. The summed E-state index contributed by atoms with van der Waals surface area (Å²) in [5.41, 5.74) is 28.5. The number of amides is 2. The van der Waals surface area contributed by atoms with Crippen molar-refractivity contribution < 1.29 is 9.59 Å². The van der Waals surface area contributed by atoms with Gasteiger partial charge in [-0.15, -0.1) is 0 Å². The maximum absolute atomic E-state index is 12.1. The van der Waals surface area contributed by atoms with Gasteiger partial charge in [-0.25, -0.2) is 0 Å². The molecule has 7 rings (SSSR count). The first-order valence-electron chi connectivity index (χ1n) is 20.5. The van der Waals surface area contributed by atoms with E-state index < -0.39 is 0 Å². The summed E-state index contributed by atoms with van der Waals surface area (Å²) in [5, 5.41) is 0. The summed E-state index contributed by atoms with van der Waals surface area (Å²) in [5.74, 6) is -0.620. The van der Waals surface area contributed by atoms with Crippen LogP contribution in [0.4, 0.5) is 22.7 Å². The van der Waals surface area contributed by atoms with Crippen LogP contribution >= 0.6 is 0 Å². The van der Waals surface area contributed by atoms with Crippen LogP contribution in [0.5, 0.6) is 0 Å². The van der Waals surface area contributed by atoms with Gasteiger partial charge in [-0.2, -0.15) is 4.58 Å². The van der Waals surface area contributed by atoms with Crippen LogP contribution in [0, 0.1) is 27.7 Å². The molecule has 0 aromatic heterocycles. The van der Waals surface area contributed by atoms with E-state index in [4.69, 9.17) is 11.5 Å². The lowest BCUT2D eigenvalue weighted by Gasteiger charge is -2.26. The van der Waals surface area contributed by atoms with E-state index in [-0.39, 0.29) is 35.5 Å². The molecule has 0 unspecified atom stereocenters. The molecule has 1 fully saturated rings. The summed E-state index contributed by atoms with van der Waals surface area (Å²) in [7, 11) is 0. The minimum Gasteiger partial charge on any atom is -0.370 e. The van der Waals surface area contributed by atoms with Gasteiger partial charge in [0.05, 0.1) is 0 Å². The molecule has 3 aliphatic rings. The van der Waals surface area contributed by atoms with E-state index in [0.29, 0.717) is 13.1 Å². The third kappa shape index (κ3) is 7.70. The number of carbonyl (C=O) groups is 2. The molecule has 0 bridgehead atoms. The van der Waals surface area contributed by atoms with E-state index in [0.717, 1.165) is 52.7 Å². The van der Waals surface area contributed by atoms with Crippen molar-refractivity contribution in [2.75, 3.05) is 22.9 Å². The zero-order valence-electron chi connectivity index (χ0n) is 35.4. The van der Waals surface area contributed by atoms with Crippen molar-refractivity contribution in [2.24, 2.45) is 11.5 Å². The third-order valence-corrected chi connectivity index (χ3v) is 12.2. The van der Waals surface area contributed by atoms with Crippen molar-refractivity contribution in [3.8, 4) is 0 Å². The van der Waals surface area contributed by atoms with Crippen molar-refractivity contribution in [1.82, 2.24) is 4.58 Å². The fourth-order valence-corrected chi connectivity index (χ4v) is 8.98. The molecule has 0 radical (unpaired) electrons. The molecule has 4 N–H and O–H groups in total. The number of fused-ring (bicyclic) bond motifs is 2. The Morgan fingerprint density at radius 3 is 1.29 bits per heavy atom. The number of nitrogens with two attached hydrogens (primary N) is 2. The van der Waals surface area contributed by atoms with E-state index in [1.807, 2.05) is 0 Å². The minimum atomic E-state index is -0.310. The molecule has 2 aliphatic heterocycles. The van der Waals surface area contributed by atoms with Crippen LogP contribution in [0.15, 0.2) is 132 Å². The number of anilines is 2. The lowest BCUT2D eigenvalue weighted by molar-refractivity contribution is -0.118. The van der Waals surface area contributed by atoms with E-state index in [1.54, 1.807) is 0 Å². The van der Waals surface area contributed by atoms with Crippen LogP contribution in [0.3, 0.4) is 0 Å². The number of allylic oxidation sites excluding steroid dienone is 8. The Balaban J connectivity index is 1.44. The summed E-state index contributed by atoms with van der Waals surface area (Å²) in [6, 6.07) is 30.7. The third-order valence-electron chi connectivity index (χ3n) is 12.2. The van der Waals surface area contributed by atoms with E-state index >= 15 is 0 Å². The highest BCUT2D eigenvalue weighted by molar-refractivity contribution is 6.17. The first kappa shape index (κ1) is 40.3. The topological polar surface area (TPSA) is 95.7 Å². The van der Waals surface area contributed by atoms with Gasteiger partial charge in [-0.3, -0.25) is 9.59 Å². The fourth-order valence-electron chi connectivity index (χ4n) is 8.98. The van der Waals surface area contributed by atoms with Gasteiger partial charge in [0.15, 0.2) is 0 Å². The Kier molecular flexibility index (Phi) is 10.9. The molecule has 2 heterocycles. The van der Waals surface area contributed by atoms with Gasteiger partial charge in [0, 0.05) is 94.9 Å². The second-order valence-electron chi connectivity index (χ2n) is 17.4. The van der Waals surface area contributed by atoms with E-state index in [2.05, 4.69) is 179 Å². The molecule has 1 saturated carbocycles. The number of carbonyl (C=O) groups excluding carboxylic acids is 2. The molecule has 0 atom stereocenters. The predicted molar refractivity (Wildman–Crippen MR) is 241 cm³/mol. The molecular weight excluding hydrogens is 715 g/mol. The number of aryl methyl sites for hydroxylation is 4. The maximum atomic E-state index is 12.1. The number of hydrogen-bond donors (Lipinski definition) is 2. The van der Waals surface area contributed by atoms with Crippen LogP contribution in [0.1, 0.15) is 86.8 Å². The minimum absolute atomic E-state index is 0.265. The molecule has 0 saturated heterocycles. The largest absolute Gasteiger partial charge is 0.370 e. The normalized spacial score (nSPS) is 19.4. The molecule has 58 heavy (non-hydrogen) atoms. The SMILES string of the molecule is Cc1ccc([N+](=C2C(=CC=C3N(CCC(N)=O)c4ccc(C)cc4C3(C)C)CCC2=CC=C2N(CCC(N)=O)c3ccc(C)cc3C2(C)C)c2ccc(C)cc2)cc1. The Labute approximate surface area is 344 Å². The highest BCUT2D eigenvalue weighted by atomic mass is 16.1. The smallest absolute Gasteiger partial charge is 0.219 e. The number of hydrogen-bond acceptors (Lipinski definition) is 4. The van der Waals surface area contributed by atoms with Crippen LogP contribution in [0.25, 0.3) is 0 Å². The lowest BCUT2D eigenvalue weighted by atomic mass is 9.83. The highest BCUT2D eigenvalue weighted by Gasteiger charge is 2.42. The van der Waals surface area contributed by atoms with Crippen LogP contribution < -0.4 is 25.8 Å². The lowest BCUT2D eigenvalue weighted by Crippen LogP contribution is -2.29. The molecule has 7 nitrogen and oxygen atoms in total. The first-order chi connectivity index (χ1) is 27.6. The molecule has 2 amide bonds. The van der Waals surface area contributed by atoms with Crippen molar-refractivity contribution in [1.29, 1.82) is 0 Å². The quantitative estimate of drug-likeness (QED) is 0.157. The Hall–Kier alpha value is -5.95. The molecule has 298 valence electrons. The molecule has 7 heteroatoms. The summed E-state index contributed by atoms with van der Waals surface area (Å²) in [4.78, 5) is 28.8. The summed E-state index contributed by atoms with van der Waals surface area (Å²) in [6.45, 7) is 18.6. The molecule has 0 spiro atoms. The van der Waals surface area contributed by atoms with E-state index in [9.17, 15) is 9.59 Å². The van der Waals surface area contributed by atoms with Gasteiger partial charge < -0.3 is 21.3 Å². The molecule has 4 aromatic carbocycles. The zero-order valence-corrected chi connectivity index (χ0v) is 35.4. The van der Waals surface area contributed by atoms with Gasteiger partial charge >= 0.3 is 0 Å². The van der Waals surface area contributed by atoms with Crippen molar-refractivity contribution in [3.63, 3.8) is 0 Å². The summed E-state index contributed by atoms with van der Waals surface area (Å²) < 4.78 is 2.41. The number of nitrogens with zero attached hydrogens (tertiary/aromatic N) is 3. The first-order valence-corrected chi connectivity index (χ1v) is 20.5. The van der Waals surface area contributed by atoms with Gasteiger partial charge in [-0.1, -0.05) is 111 Å². The zero-order chi connectivity index (χ0) is 41.5. The van der Waals surface area contributed by atoms with Gasteiger partial charge in [0.25, 0.3) is 0 Å². The van der Waals surface area contributed by atoms with Gasteiger partial charge in [0.1, 0.15) is 0 Å². The predicted octanol–water partition coefficient (Wildman–Crippen LogP) is 9.96. The average molecular weight is 773 g/mol. The second kappa shape index (κ2) is 15.8. The molecule has 4 aromatic rings. The van der Waals surface area contributed by atoms with Gasteiger partial charge in [0.2, 0.25) is 28.9 Å². The van der Waals surface area contributed by atoms with E-state index in [1.165, 1.54) is 44.5 Å². The standard InChI is InChI=1S/C51H57N5O2/c1-33-9-19-39(20-10-33)56(40-21-11-34(2)12-22-40)49-37(17-25-45-50(5,6)41-31-35(3)13-23-43(41)54(45)29-27-47(52)57)15-16-38(49)18-26-46-51(7,8)42-32-36(4)14-24-44(42)55(46)30-28-48(53)58/h9-14,17-26,31-32H,15-16,27-30H2,1-8H3,(H3-,52,53,57,58)/p+1. The number of benzene rings is 4. The van der Waals surface area contributed by atoms with Crippen molar-refractivity contribution in [2.45, 2.75) is 91.9 Å².